The molecule has 0 saturated heterocycles. The summed E-state index contributed by atoms with van der Waals surface area (Å²) in [4.78, 5) is 16.3. The van der Waals surface area contributed by atoms with Gasteiger partial charge in [0.1, 0.15) is 5.82 Å². The Hall–Kier alpha value is -2.79. The summed E-state index contributed by atoms with van der Waals surface area (Å²) in [5.74, 6) is 0.832. The highest BCUT2D eigenvalue weighted by Gasteiger charge is 2.38. The molecule has 2 aromatic carbocycles. The highest BCUT2D eigenvalue weighted by molar-refractivity contribution is 6.13. The molecule has 0 bridgehead atoms. The molecular weight excluding hydrogens is 449 g/mol. The zero-order chi connectivity index (χ0) is 26.0. The number of carbonyl (C=O) groups is 1. The van der Waals surface area contributed by atoms with E-state index in [0.29, 0.717) is 18.4 Å². The topological polar surface area (TPSA) is 67.5 Å². The third kappa shape index (κ3) is 7.36. The molecule has 2 unspecified atom stereocenters. The van der Waals surface area contributed by atoms with E-state index in [4.69, 9.17) is 5.73 Å². The SMILES string of the molecule is CCC1CCCC1(N)CNC(=O)/C=C/c1ccccc1.CCCC(CCC)C1=Nc2cc(F)ccc21. The van der Waals surface area contributed by atoms with Crippen LogP contribution in [-0.4, -0.2) is 23.7 Å². The zero-order valence-electron chi connectivity index (χ0n) is 22.1. The van der Waals surface area contributed by atoms with Gasteiger partial charge in [0, 0.05) is 35.7 Å². The van der Waals surface area contributed by atoms with Crippen molar-refractivity contribution in [1.82, 2.24) is 5.32 Å². The Kier molecular flexibility index (Phi) is 10.4. The van der Waals surface area contributed by atoms with Crippen LogP contribution >= 0.6 is 0 Å². The van der Waals surface area contributed by atoms with E-state index < -0.39 is 0 Å². The van der Waals surface area contributed by atoms with Crippen molar-refractivity contribution in [2.45, 2.75) is 77.7 Å². The number of aliphatic imine (C=N–C) groups is 1. The summed E-state index contributed by atoms with van der Waals surface area (Å²) in [6.07, 6.45) is 12.6. The lowest BCUT2D eigenvalue weighted by Gasteiger charge is -2.30. The van der Waals surface area contributed by atoms with E-state index in [-0.39, 0.29) is 17.3 Å². The summed E-state index contributed by atoms with van der Waals surface area (Å²) < 4.78 is 12.9. The fourth-order valence-electron chi connectivity index (χ4n) is 5.44. The minimum absolute atomic E-state index is 0.0690. The van der Waals surface area contributed by atoms with Crippen LogP contribution in [-0.2, 0) is 4.79 Å². The van der Waals surface area contributed by atoms with Crippen LogP contribution in [0.25, 0.3) is 6.08 Å². The molecule has 1 fully saturated rings. The minimum atomic E-state index is -0.217. The third-order valence-electron chi connectivity index (χ3n) is 7.46. The van der Waals surface area contributed by atoms with Crippen LogP contribution in [0.1, 0.15) is 83.3 Å². The number of hydrogen-bond donors (Lipinski definition) is 2. The van der Waals surface area contributed by atoms with E-state index in [1.807, 2.05) is 42.5 Å². The number of carbonyl (C=O) groups excluding carboxylic acids is 1. The average molecular weight is 492 g/mol. The van der Waals surface area contributed by atoms with Crippen molar-refractivity contribution >= 4 is 23.4 Å². The number of halogens is 1. The molecule has 36 heavy (non-hydrogen) atoms. The molecule has 194 valence electrons. The van der Waals surface area contributed by atoms with Crippen molar-refractivity contribution < 1.29 is 9.18 Å². The molecule has 5 heteroatoms. The van der Waals surface area contributed by atoms with Crippen molar-refractivity contribution in [2.75, 3.05) is 6.54 Å². The molecule has 2 aromatic rings. The number of rotatable bonds is 10. The molecule has 0 spiro atoms. The molecule has 1 aliphatic heterocycles. The van der Waals surface area contributed by atoms with Crippen molar-refractivity contribution in [3.63, 3.8) is 0 Å². The number of nitrogens with zero attached hydrogens (tertiary/aromatic N) is 1. The molecular formula is C31H42FN3O. The highest BCUT2D eigenvalue weighted by Crippen LogP contribution is 2.36. The third-order valence-corrected chi connectivity index (χ3v) is 7.46. The lowest BCUT2D eigenvalue weighted by atomic mass is 9.85. The normalized spacial score (nSPS) is 20.4. The molecule has 0 aromatic heterocycles. The average Bonchev–Trinajstić information content (AvgIpc) is 3.25. The Labute approximate surface area is 216 Å². The van der Waals surface area contributed by atoms with Crippen molar-refractivity contribution in [1.29, 1.82) is 0 Å². The molecule has 1 aliphatic carbocycles. The van der Waals surface area contributed by atoms with Crippen LogP contribution in [0, 0.1) is 17.7 Å². The van der Waals surface area contributed by atoms with Crippen molar-refractivity contribution in [3.05, 3.63) is 71.6 Å². The Morgan fingerprint density at radius 2 is 1.89 bits per heavy atom. The quantitative estimate of drug-likeness (QED) is 0.345. The Morgan fingerprint density at radius 1 is 1.17 bits per heavy atom. The first-order valence-electron chi connectivity index (χ1n) is 13.6. The van der Waals surface area contributed by atoms with Crippen LogP contribution < -0.4 is 11.1 Å². The van der Waals surface area contributed by atoms with E-state index in [0.717, 1.165) is 29.7 Å². The van der Waals surface area contributed by atoms with Gasteiger partial charge in [-0.3, -0.25) is 9.79 Å². The Bertz CT molecular complexity index is 1040. The minimum Gasteiger partial charge on any atom is -0.351 e. The maximum Gasteiger partial charge on any atom is 0.244 e. The summed E-state index contributed by atoms with van der Waals surface area (Å²) in [6, 6.07) is 14.7. The summed E-state index contributed by atoms with van der Waals surface area (Å²) in [6.45, 7) is 7.15. The maximum atomic E-state index is 12.9. The van der Waals surface area contributed by atoms with Gasteiger partial charge in [0.15, 0.2) is 0 Å². The maximum absolute atomic E-state index is 12.9. The van der Waals surface area contributed by atoms with Crippen molar-refractivity contribution in [3.8, 4) is 0 Å². The van der Waals surface area contributed by atoms with Gasteiger partial charge in [0.25, 0.3) is 0 Å². The fourth-order valence-corrected chi connectivity index (χ4v) is 5.44. The smallest absolute Gasteiger partial charge is 0.244 e. The second-order valence-corrected chi connectivity index (χ2v) is 10.1. The van der Waals surface area contributed by atoms with E-state index in [9.17, 15) is 9.18 Å². The second-order valence-electron chi connectivity index (χ2n) is 10.1. The van der Waals surface area contributed by atoms with Gasteiger partial charge < -0.3 is 11.1 Å². The summed E-state index contributed by atoms with van der Waals surface area (Å²) in [5.41, 5.74) is 10.4. The van der Waals surface area contributed by atoms with Gasteiger partial charge >= 0.3 is 0 Å². The van der Waals surface area contributed by atoms with Crippen LogP contribution in [0.15, 0.2) is 59.6 Å². The van der Waals surface area contributed by atoms with Gasteiger partial charge in [0.05, 0.1) is 11.4 Å². The zero-order valence-corrected chi connectivity index (χ0v) is 22.1. The number of fused-ring (bicyclic) bond motifs is 1. The van der Waals surface area contributed by atoms with Gasteiger partial charge in [-0.05, 0) is 55.4 Å². The van der Waals surface area contributed by atoms with E-state index in [1.54, 1.807) is 6.08 Å². The first-order valence-corrected chi connectivity index (χ1v) is 13.6. The van der Waals surface area contributed by atoms with Crippen LogP contribution in [0.5, 0.6) is 0 Å². The van der Waals surface area contributed by atoms with E-state index in [1.165, 1.54) is 56.4 Å². The highest BCUT2D eigenvalue weighted by atomic mass is 19.1. The van der Waals surface area contributed by atoms with Crippen LogP contribution in [0.3, 0.4) is 0 Å². The summed E-state index contributed by atoms with van der Waals surface area (Å²) in [7, 11) is 0. The number of benzene rings is 2. The van der Waals surface area contributed by atoms with Gasteiger partial charge in [-0.1, -0.05) is 76.8 Å². The largest absolute Gasteiger partial charge is 0.351 e. The molecule has 3 N–H and O–H groups in total. The molecule has 2 aliphatic rings. The number of nitrogens with one attached hydrogen (secondary N) is 1. The Morgan fingerprint density at radius 3 is 2.53 bits per heavy atom. The molecule has 4 nitrogen and oxygen atoms in total. The lowest BCUT2D eigenvalue weighted by molar-refractivity contribution is -0.116. The summed E-state index contributed by atoms with van der Waals surface area (Å²) in [5, 5.41) is 2.95. The van der Waals surface area contributed by atoms with Crippen molar-refractivity contribution in [2.24, 2.45) is 22.6 Å². The molecule has 0 radical (unpaired) electrons. The fraction of sp³-hybridized carbons (Fsp3) is 0.484. The predicted molar refractivity (Wildman–Crippen MR) is 149 cm³/mol. The van der Waals surface area contributed by atoms with Gasteiger partial charge in [0.2, 0.25) is 5.91 Å². The monoisotopic (exact) mass is 491 g/mol. The van der Waals surface area contributed by atoms with E-state index >= 15 is 0 Å². The lowest BCUT2D eigenvalue weighted by Crippen LogP contribution is -2.52. The Balaban J connectivity index is 0.000000205. The number of hydrogen-bond acceptors (Lipinski definition) is 3. The first kappa shape index (κ1) is 27.8. The molecule has 1 saturated carbocycles. The first-order chi connectivity index (χ1) is 17.4. The molecule has 1 heterocycles. The number of amides is 1. The van der Waals surface area contributed by atoms with E-state index in [2.05, 4.69) is 31.1 Å². The molecule has 2 atom stereocenters. The molecule has 1 amide bonds. The van der Waals surface area contributed by atoms with Crippen LogP contribution in [0.2, 0.25) is 0 Å². The number of nitrogens with two attached hydrogens (primary N) is 1. The molecule has 4 rings (SSSR count). The predicted octanol–water partition coefficient (Wildman–Crippen LogP) is 7.20. The standard InChI is InChI=1S/C17H24N2O.C14H18FN/c1-2-15-9-6-12-17(15,18)13-19-16(20)11-10-14-7-4-3-5-8-14;1-3-5-10(6-4-2)14-12-8-7-11(15)9-13(12)16-14/h3-5,7-8,10-11,15H,2,6,9,12-13,18H2,1H3,(H,19,20);7-10H,3-6H2,1-2H3/b11-10+;. The van der Waals surface area contributed by atoms with Gasteiger partial charge in [-0.2, -0.15) is 0 Å². The van der Waals surface area contributed by atoms with Gasteiger partial charge in [-0.15, -0.1) is 0 Å². The van der Waals surface area contributed by atoms with Crippen LogP contribution in [0.4, 0.5) is 10.1 Å². The second kappa shape index (κ2) is 13.5. The summed E-state index contributed by atoms with van der Waals surface area (Å²) >= 11 is 0. The van der Waals surface area contributed by atoms with Gasteiger partial charge in [-0.25, -0.2) is 4.39 Å².